The van der Waals surface area contributed by atoms with Crippen molar-refractivity contribution in [3.63, 3.8) is 0 Å². The Morgan fingerprint density at radius 3 is 2.27 bits per heavy atom. The van der Waals surface area contributed by atoms with E-state index >= 15 is 0 Å². The lowest BCUT2D eigenvalue weighted by Crippen LogP contribution is -2.00. The van der Waals surface area contributed by atoms with Crippen LogP contribution in [0.15, 0.2) is 84.0 Å². The van der Waals surface area contributed by atoms with Gasteiger partial charge in [0.15, 0.2) is 6.29 Å². The number of rotatable bonds is 5. The smallest absolute Gasteiger partial charge is 0.184 e. The molecule has 1 N–H and O–H groups in total. The van der Waals surface area contributed by atoms with Gasteiger partial charge in [0.2, 0.25) is 0 Å². The molecule has 130 valence electrons. The predicted molar refractivity (Wildman–Crippen MR) is 104 cm³/mol. The highest BCUT2D eigenvalue weighted by atomic mass is 16.7. The largest absolute Gasteiger partial charge is 0.346 e. The first-order valence-electron chi connectivity index (χ1n) is 8.67. The Bertz CT molecular complexity index is 870. The SMILES string of the molecule is C(=NNc1ccccc1)c1ccc(-c2ccccc2C2OCCO2)cc1. The number of hydrazone groups is 1. The third kappa shape index (κ3) is 3.82. The zero-order valence-electron chi connectivity index (χ0n) is 14.3. The summed E-state index contributed by atoms with van der Waals surface area (Å²) in [6.45, 7) is 1.28. The number of nitrogens with zero attached hydrogens (tertiary/aromatic N) is 1. The standard InChI is InChI=1S/C22H20N2O2/c1-2-6-19(7-3-1)24-23-16-17-10-12-18(13-11-17)20-8-4-5-9-21(20)22-25-14-15-26-22/h1-13,16,22,24H,14-15H2. The predicted octanol–water partition coefficient (Wildman–Crippen LogP) is 4.85. The van der Waals surface area contributed by atoms with E-state index in [9.17, 15) is 0 Å². The minimum atomic E-state index is -0.275. The van der Waals surface area contributed by atoms with E-state index < -0.39 is 0 Å². The lowest BCUT2D eigenvalue weighted by molar-refractivity contribution is -0.0436. The minimum Gasteiger partial charge on any atom is -0.346 e. The van der Waals surface area contributed by atoms with Gasteiger partial charge in [-0.15, -0.1) is 0 Å². The molecular weight excluding hydrogens is 324 g/mol. The van der Waals surface area contributed by atoms with Gasteiger partial charge in [0.25, 0.3) is 0 Å². The second-order valence-corrected chi connectivity index (χ2v) is 6.02. The van der Waals surface area contributed by atoms with Crippen molar-refractivity contribution in [1.29, 1.82) is 0 Å². The molecule has 4 rings (SSSR count). The Balaban J connectivity index is 1.50. The summed E-state index contributed by atoms with van der Waals surface area (Å²) < 4.78 is 11.3. The normalized spacial score (nSPS) is 14.8. The van der Waals surface area contributed by atoms with E-state index in [1.165, 1.54) is 0 Å². The maximum atomic E-state index is 5.67. The van der Waals surface area contributed by atoms with Crippen molar-refractivity contribution in [2.24, 2.45) is 5.10 Å². The molecule has 0 aromatic heterocycles. The van der Waals surface area contributed by atoms with E-state index in [2.05, 4.69) is 46.9 Å². The summed E-state index contributed by atoms with van der Waals surface area (Å²) in [5.41, 5.74) is 8.35. The molecule has 1 saturated heterocycles. The fourth-order valence-electron chi connectivity index (χ4n) is 2.95. The number of anilines is 1. The van der Waals surface area contributed by atoms with Crippen LogP contribution >= 0.6 is 0 Å². The Labute approximate surface area is 153 Å². The van der Waals surface area contributed by atoms with Crippen molar-refractivity contribution in [1.82, 2.24) is 0 Å². The molecule has 0 bridgehead atoms. The van der Waals surface area contributed by atoms with Gasteiger partial charge in [0.1, 0.15) is 0 Å². The summed E-state index contributed by atoms with van der Waals surface area (Å²) in [4.78, 5) is 0. The van der Waals surface area contributed by atoms with Gasteiger partial charge in [-0.25, -0.2) is 0 Å². The average Bonchev–Trinajstić information content (AvgIpc) is 3.24. The first-order chi connectivity index (χ1) is 12.9. The van der Waals surface area contributed by atoms with Crippen LogP contribution in [0.2, 0.25) is 0 Å². The molecule has 4 heteroatoms. The van der Waals surface area contributed by atoms with Gasteiger partial charge in [-0.2, -0.15) is 5.10 Å². The minimum absolute atomic E-state index is 0.275. The van der Waals surface area contributed by atoms with Gasteiger partial charge in [-0.3, -0.25) is 5.43 Å². The van der Waals surface area contributed by atoms with Gasteiger partial charge < -0.3 is 9.47 Å². The summed E-state index contributed by atoms with van der Waals surface area (Å²) in [6, 6.07) is 26.4. The average molecular weight is 344 g/mol. The molecule has 0 amide bonds. The molecule has 0 spiro atoms. The van der Waals surface area contributed by atoms with Crippen LogP contribution in [0.3, 0.4) is 0 Å². The molecule has 3 aromatic rings. The maximum absolute atomic E-state index is 5.67. The van der Waals surface area contributed by atoms with E-state index in [0.29, 0.717) is 13.2 Å². The highest BCUT2D eigenvalue weighted by molar-refractivity contribution is 5.82. The number of hydrogen-bond acceptors (Lipinski definition) is 4. The lowest BCUT2D eigenvalue weighted by Gasteiger charge is -2.14. The van der Waals surface area contributed by atoms with Gasteiger partial charge in [-0.05, 0) is 28.8 Å². The molecule has 1 heterocycles. The van der Waals surface area contributed by atoms with E-state index in [1.807, 2.05) is 48.7 Å². The number of hydrogen-bond donors (Lipinski definition) is 1. The highest BCUT2D eigenvalue weighted by Crippen LogP contribution is 2.32. The third-order valence-corrected chi connectivity index (χ3v) is 4.24. The molecule has 1 aliphatic heterocycles. The molecule has 1 fully saturated rings. The molecule has 1 aliphatic rings. The van der Waals surface area contributed by atoms with E-state index in [-0.39, 0.29) is 6.29 Å². The van der Waals surface area contributed by atoms with Gasteiger partial charge in [-0.1, -0.05) is 66.7 Å². The monoisotopic (exact) mass is 344 g/mol. The van der Waals surface area contributed by atoms with Crippen molar-refractivity contribution < 1.29 is 9.47 Å². The summed E-state index contributed by atoms with van der Waals surface area (Å²) >= 11 is 0. The Morgan fingerprint density at radius 1 is 0.808 bits per heavy atom. The first kappa shape index (κ1) is 16.5. The Kier molecular flexibility index (Phi) is 5.05. The summed E-state index contributed by atoms with van der Waals surface area (Å²) in [5.74, 6) is 0. The van der Waals surface area contributed by atoms with Crippen molar-refractivity contribution >= 4 is 11.9 Å². The number of ether oxygens (including phenoxy) is 2. The quantitative estimate of drug-likeness (QED) is 0.532. The molecule has 26 heavy (non-hydrogen) atoms. The van der Waals surface area contributed by atoms with Crippen LogP contribution < -0.4 is 5.43 Å². The molecule has 0 aliphatic carbocycles. The molecule has 0 saturated carbocycles. The first-order valence-corrected chi connectivity index (χ1v) is 8.67. The van der Waals surface area contributed by atoms with E-state index in [4.69, 9.17) is 9.47 Å². The summed E-state index contributed by atoms with van der Waals surface area (Å²) in [5, 5.41) is 4.28. The van der Waals surface area contributed by atoms with Crippen LogP contribution in [0.25, 0.3) is 11.1 Å². The maximum Gasteiger partial charge on any atom is 0.184 e. The fraction of sp³-hybridized carbons (Fsp3) is 0.136. The van der Waals surface area contributed by atoms with Gasteiger partial charge in [0.05, 0.1) is 25.1 Å². The molecule has 0 atom stereocenters. The molecule has 0 radical (unpaired) electrons. The van der Waals surface area contributed by atoms with Crippen LogP contribution in [-0.2, 0) is 9.47 Å². The zero-order chi connectivity index (χ0) is 17.6. The summed E-state index contributed by atoms with van der Waals surface area (Å²) in [7, 11) is 0. The van der Waals surface area contributed by atoms with Crippen molar-refractivity contribution in [2.75, 3.05) is 18.6 Å². The molecule has 0 unspecified atom stereocenters. The van der Waals surface area contributed by atoms with Crippen LogP contribution in [0.5, 0.6) is 0 Å². The van der Waals surface area contributed by atoms with Crippen LogP contribution in [0.4, 0.5) is 5.69 Å². The van der Waals surface area contributed by atoms with Crippen LogP contribution in [0, 0.1) is 0 Å². The number of benzene rings is 3. The van der Waals surface area contributed by atoms with Gasteiger partial charge >= 0.3 is 0 Å². The van der Waals surface area contributed by atoms with Crippen LogP contribution in [-0.4, -0.2) is 19.4 Å². The fourth-order valence-corrected chi connectivity index (χ4v) is 2.95. The van der Waals surface area contributed by atoms with Crippen molar-refractivity contribution in [2.45, 2.75) is 6.29 Å². The lowest BCUT2D eigenvalue weighted by atomic mass is 9.98. The van der Waals surface area contributed by atoms with Crippen molar-refractivity contribution in [3.8, 4) is 11.1 Å². The number of para-hydroxylation sites is 1. The molecular formula is C22H20N2O2. The topological polar surface area (TPSA) is 42.9 Å². The van der Waals surface area contributed by atoms with Crippen LogP contribution in [0.1, 0.15) is 17.4 Å². The second kappa shape index (κ2) is 7.95. The second-order valence-electron chi connectivity index (χ2n) is 6.02. The van der Waals surface area contributed by atoms with E-state index in [1.54, 1.807) is 0 Å². The molecule has 4 nitrogen and oxygen atoms in total. The third-order valence-electron chi connectivity index (χ3n) is 4.24. The highest BCUT2D eigenvalue weighted by Gasteiger charge is 2.21. The van der Waals surface area contributed by atoms with Crippen molar-refractivity contribution in [3.05, 3.63) is 90.0 Å². The van der Waals surface area contributed by atoms with Gasteiger partial charge in [0, 0.05) is 5.56 Å². The summed E-state index contributed by atoms with van der Waals surface area (Å²) in [6.07, 6.45) is 1.54. The number of nitrogens with one attached hydrogen (secondary N) is 1. The Hall–Kier alpha value is -2.95. The van der Waals surface area contributed by atoms with E-state index in [0.717, 1.165) is 27.9 Å². The molecule has 3 aromatic carbocycles. The zero-order valence-corrected chi connectivity index (χ0v) is 14.3. The Morgan fingerprint density at radius 2 is 1.50 bits per heavy atom.